The molecular weight excluding hydrogens is 326 g/mol. The molecule has 2 aromatic heterocycles. The molecular formula is C13H20ClN5O4. The third-order valence-corrected chi connectivity index (χ3v) is 3.85. The molecule has 1 saturated heterocycles. The number of hydrogen-bond acceptors (Lipinski definition) is 8. The van der Waals surface area contributed by atoms with Crippen molar-refractivity contribution in [3.63, 3.8) is 0 Å². The van der Waals surface area contributed by atoms with Crippen molar-refractivity contribution < 1.29 is 19.7 Å². The minimum absolute atomic E-state index is 0.0362. The lowest BCUT2D eigenvalue weighted by Crippen LogP contribution is -2.16. The van der Waals surface area contributed by atoms with Crippen molar-refractivity contribution in [1.29, 1.82) is 0 Å². The van der Waals surface area contributed by atoms with E-state index in [0.29, 0.717) is 11.2 Å². The van der Waals surface area contributed by atoms with Gasteiger partial charge in [0.15, 0.2) is 11.2 Å². The van der Waals surface area contributed by atoms with Gasteiger partial charge in [-0.1, -0.05) is 6.92 Å². The van der Waals surface area contributed by atoms with Crippen LogP contribution in [0, 0.1) is 5.92 Å². The molecule has 1 unspecified atom stereocenters. The van der Waals surface area contributed by atoms with Crippen LogP contribution in [0.1, 0.15) is 19.6 Å². The number of ether oxygens (including phenoxy) is 2. The smallest absolute Gasteiger partial charge is 0.247 e. The van der Waals surface area contributed by atoms with Crippen molar-refractivity contribution >= 4 is 28.7 Å². The largest absolute Gasteiger partial charge is 0.479 e. The van der Waals surface area contributed by atoms with Crippen LogP contribution in [-0.2, 0) is 4.74 Å². The number of methoxy groups -OCH3 is 1. The van der Waals surface area contributed by atoms with Gasteiger partial charge in [0.25, 0.3) is 0 Å². The molecule has 4 N–H and O–H groups in total. The summed E-state index contributed by atoms with van der Waals surface area (Å²) in [5.74, 6) is 0.489. The molecule has 9 nitrogen and oxygen atoms in total. The predicted octanol–water partition coefficient (Wildman–Crippen LogP) is 0.595. The van der Waals surface area contributed by atoms with Crippen LogP contribution < -0.4 is 10.5 Å². The lowest BCUT2D eigenvalue weighted by molar-refractivity contribution is -0.0292. The molecule has 0 amide bonds. The standard InChI is InChI=1S/C12H16ClN5O3.CH4O/c1-5-3-6(4-19)21-10(5)18-8-7(15-11(18)13)9(20-2)17-12(14)16-8;1-2/h5-6,10,19H,3-4H2,1-2H3,(H2,14,16,17);2H,1H3/t5?,6-,10+;/m0./s1. The van der Waals surface area contributed by atoms with E-state index in [2.05, 4.69) is 15.0 Å². The Labute approximate surface area is 138 Å². The molecule has 0 aliphatic carbocycles. The number of fused-ring (bicyclic) bond motifs is 1. The lowest BCUT2D eigenvalue weighted by atomic mass is 10.1. The Kier molecular flexibility index (Phi) is 5.58. The number of aliphatic hydroxyl groups is 2. The minimum atomic E-state index is -0.362. The maximum Gasteiger partial charge on any atom is 0.247 e. The summed E-state index contributed by atoms with van der Waals surface area (Å²) < 4.78 is 12.6. The number of rotatable bonds is 3. The Morgan fingerprint density at radius 1 is 1.39 bits per heavy atom. The summed E-state index contributed by atoms with van der Waals surface area (Å²) in [5.41, 5.74) is 6.59. The van der Waals surface area contributed by atoms with Gasteiger partial charge in [-0.3, -0.25) is 4.57 Å². The van der Waals surface area contributed by atoms with Gasteiger partial charge in [0.05, 0.1) is 19.8 Å². The van der Waals surface area contributed by atoms with Crippen LogP contribution in [0.2, 0.25) is 5.28 Å². The van der Waals surface area contributed by atoms with Gasteiger partial charge in [-0.15, -0.1) is 0 Å². The molecule has 0 bridgehead atoms. The van der Waals surface area contributed by atoms with E-state index >= 15 is 0 Å². The number of nitrogen functional groups attached to an aromatic ring is 1. The summed E-state index contributed by atoms with van der Waals surface area (Å²) in [6.07, 6.45) is 0.146. The van der Waals surface area contributed by atoms with E-state index in [1.54, 1.807) is 4.57 Å². The first-order chi connectivity index (χ1) is 11.0. The first kappa shape index (κ1) is 17.7. The number of nitrogens with two attached hydrogens (primary N) is 1. The zero-order chi connectivity index (χ0) is 17.1. The fourth-order valence-corrected chi connectivity index (χ4v) is 2.92. The Hall–Kier alpha value is -1.68. The Morgan fingerprint density at radius 2 is 2.09 bits per heavy atom. The highest BCUT2D eigenvalue weighted by Crippen LogP contribution is 2.38. The van der Waals surface area contributed by atoms with Gasteiger partial charge < -0.3 is 25.4 Å². The Morgan fingerprint density at radius 3 is 2.65 bits per heavy atom. The molecule has 2 aromatic rings. The van der Waals surface area contributed by atoms with Crippen molar-refractivity contribution in [2.24, 2.45) is 5.92 Å². The molecule has 10 heteroatoms. The van der Waals surface area contributed by atoms with Crippen LogP contribution in [0.15, 0.2) is 0 Å². The summed E-state index contributed by atoms with van der Waals surface area (Å²) in [4.78, 5) is 12.4. The quantitative estimate of drug-likeness (QED) is 0.689. The molecule has 0 aromatic carbocycles. The molecule has 1 fully saturated rings. The number of imidazole rings is 1. The summed E-state index contributed by atoms with van der Waals surface area (Å²) in [6, 6.07) is 0. The molecule has 0 radical (unpaired) electrons. The SMILES string of the molecule is CO.COc1nc(N)nc2c1nc(Cl)n2[C@@H]1O[C@H](CO)CC1C. The predicted molar refractivity (Wildman–Crippen MR) is 84.2 cm³/mol. The van der Waals surface area contributed by atoms with Gasteiger partial charge in [-0.05, 0) is 18.0 Å². The average molecular weight is 346 g/mol. The second kappa shape index (κ2) is 7.26. The molecule has 3 rings (SSSR count). The van der Waals surface area contributed by atoms with Gasteiger partial charge in [-0.25, -0.2) is 4.98 Å². The molecule has 3 atom stereocenters. The number of aromatic nitrogens is 4. The Bertz CT molecular complexity index is 680. The van der Waals surface area contributed by atoms with Crippen molar-refractivity contribution in [3.05, 3.63) is 5.28 Å². The van der Waals surface area contributed by atoms with Crippen LogP contribution >= 0.6 is 11.6 Å². The van der Waals surface area contributed by atoms with Crippen LogP contribution in [0.4, 0.5) is 5.95 Å². The van der Waals surface area contributed by atoms with Crippen molar-refractivity contribution in [3.8, 4) is 5.88 Å². The van der Waals surface area contributed by atoms with E-state index in [9.17, 15) is 5.11 Å². The maximum atomic E-state index is 9.26. The van der Waals surface area contributed by atoms with Gasteiger partial charge in [-0.2, -0.15) is 9.97 Å². The first-order valence-electron chi connectivity index (χ1n) is 7.01. The highest BCUT2D eigenvalue weighted by molar-refractivity contribution is 6.29. The third kappa shape index (κ3) is 3.18. The van der Waals surface area contributed by atoms with E-state index in [-0.39, 0.29) is 42.0 Å². The third-order valence-electron chi connectivity index (χ3n) is 3.59. The van der Waals surface area contributed by atoms with E-state index < -0.39 is 0 Å². The first-order valence-corrected chi connectivity index (χ1v) is 7.39. The zero-order valence-electron chi connectivity index (χ0n) is 13.1. The maximum absolute atomic E-state index is 9.26. The van der Waals surface area contributed by atoms with Crippen LogP contribution in [0.25, 0.3) is 11.2 Å². The van der Waals surface area contributed by atoms with Crippen LogP contribution in [0.3, 0.4) is 0 Å². The summed E-state index contributed by atoms with van der Waals surface area (Å²) in [7, 11) is 2.48. The van der Waals surface area contributed by atoms with Gasteiger partial charge in [0, 0.05) is 13.0 Å². The van der Waals surface area contributed by atoms with Gasteiger partial charge in [0.1, 0.15) is 6.23 Å². The molecule has 0 saturated carbocycles. The number of halogens is 1. The lowest BCUT2D eigenvalue weighted by Gasteiger charge is -2.18. The normalized spacial score (nSPS) is 23.7. The van der Waals surface area contributed by atoms with Gasteiger partial charge >= 0.3 is 0 Å². The number of nitrogens with zero attached hydrogens (tertiary/aromatic N) is 4. The van der Waals surface area contributed by atoms with E-state index in [1.165, 1.54) is 7.11 Å². The second-order valence-corrected chi connectivity index (χ2v) is 5.40. The molecule has 3 heterocycles. The Balaban J connectivity index is 0.000000924. The highest BCUT2D eigenvalue weighted by atomic mass is 35.5. The van der Waals surface area contributed by atoms with Crippen molar-refractivity contribution in [2.45, 2.75) is 25.7 Å². The van der Waals surface area contributed by atoms with Crippen LogP contribution in [0.5, 0.6) is 5.88 Å². The molecule has 1 aliphatic rings. The van der Waals surface area contributed by atoms with Gasteiger partial charge in [0.2, 0.25) is 17.1 Å². The topological polar surface area (TPSA) is 129 Å². The van der Waals surface area contributed by atoms with E-state index in [1.807, 2.05) is 6.92 Å². The molecule has 23 heavy (non-hydrogen) atoms. The highest BCUT2D eigenvalue weighted by Gasteiger charge is 2.36. The van der Waals surface area contributed by atoms with E-state index in [0.717, 1.165) is 13.5 Å². The fourth-order valence-electron chi connectivity index (χ4n) is 2.66. The fraction of sp³-hybridized carbons (Fsp3) is 0.615. The molecule has 128 valence electrons. The van der Waals surface area contributed by atoms with Crippen molar-refractivity contribution in [2.75, 3.05) is 26.6 Å². The second-order valence-electron chi connectivity index (χ2n) is 5.06. The number of hydrogen-bond donors (Lipinski definition) is 3. The minimum Gasteiger partial charge on any atom is -0.479 e. The average Bonchev–Trinajstić information content (AvgIpc) is 3.07. The molecule has 0 spiro atoms. The summed E-state index contributed by atoms with van der Waals surface area (Å²) >= 11 is 6.23. The van der Waals surface area contributed by atoms with Crippen LogP contribution in [-0.4, -0.2) is 56.7 Å². The number of anilines is 1. The summed E-state index contributed by atoms with van der Waals surface area (Å²) in [6.45, 7) is 1.98. The number of aliphatic hydroxyl groups excluding tert-OH is 2. The zero-order valence-corrected chi connectivity index (χ0v) is 13.9. The molecule has 1 aliphatic heterocycles. The summed E-state index contributed by atoms with van der Waals surface area (Å²) in [5, 5.41) is 16.5. The van der Waals surface area contributed by atoms with E-state index in [4.69, 9.17) is 31.9 Å². The van der Waals surface area contributed by atoms with Crippen molar-refractivity contribution in [1.82, 2.24) is 19.5 Å². The monoisotopic (exact) mass is 345 g/mol.